The quantitative estimate of drug-likeness (QED) is 0.478. The fourth-order valence-electron chi connectivity index (χ4n) is 1.03. The van der Waals surface area contributed by atoms with Crippen LogP contribution in [0, 0.1) is 13.3 Å². The van der Waals surface area contributed by atoms with Crippen molar-refractivity contribution in [1.82, 2.24) is 0 Å². The van der Waals surface area contributed by atoms with Gasteiger partial charge in [-0.3, -0.25) is 4.99 Å². The largest absolute Gasteiger partial charge is 0.358 e. The Morgan fingerprint density at radius 1 is 1.44 bits per heavy atom. The highest BCUT2D eigenvalue weighted by molar-refractivity contribution is 5.87. The Morgan fingerprint density at radius 2 is 2.11 bits per heavy atom. The monoisotopic (exact) mass is 126 g/mol. The first-order valence-corrected chi connectivity index (χ1v) is 3.34. The van der Waals surface area contributed by atoms with Crippen molar-refractivity contribution >= 4 is 5.71 Å². The molecular weight excluding hydrogens is 110 g/mol. The van der Waals surface area contributed by atoms with Crippen molar-refractivity contribution in [3.63, 3.8) is 0 Å². The van der Waals surface area contributed by atoms with Gasteiger partial charge in [-0.05, 0) is 18.8 Å². The Hall–Kier alpha value is -0.330. The highest BCUT2D eigenvalue weighted by Crippen LogP contribution is 2.10. The first-order chi connectivity index (χ1) is 3.80. The SMILES string of the molecule is CC(C)C1=NCCC1.[CH3-]. The normalized spacial score (nSPS) is 17.4. The summed E-state index contributed by atoms with van der Waals surface area (Å²) in [4.78, 5) is 4.35. The molecule has 1 rings (SSSR count). The third-order valence-corrected chi connectivity index (χ3v) is 1.57. The van der Waals surface area contributed by atoms with Crippen molar-refractivity contribution in [2.24, 2.45) is 10.9 Å². The minimum absolute atomic E-state index is 0. The van der Waals surface area contributed by atoms with Crippen LogP contribution in [-0.4, -0.2) is 12.3 Å². The molecule has 0 saturated heterocycles. The molecule has 0 unspecified atom stereocenters. The number of hydrogen-bond acceptors (Lipinski definition) is 1. The van der Waals surface area contributed by atoms with Crippen LogP contribution in [0.4, 0.5) is 0 Å². The highest BCUT2D eigenvalue weighted by atomic mass is 14.8. The first kappa shape index (κ1) is 8.67. The zero-order valence-electron chi connectivity index (χ0n) is 6.65. The summed E-state index contributed by atoms with van der Waals surface area (Å²) in [5, 5.41) is 0. The number of rotatable bonds is 1. The standard InChI is InChI=1S/C7H13N.CH3/c1-6(2)7-4-3-5-8-7;/h6H,3-5H2,1-2H3;1H3/q;-1. The summed E-state index contributed by atoms with van der Waals surface area (Å²) in [5.41, 5.74) is 1.42. The van der Waals surface area contributed by atoms with Gasteiger partial charge >= 0.3 is 0 Å². The van der Waals surface area contributed by atoms with Crippen molar-refractivity contribution in [3.8, 4) is 0 Å². The fraction of sp³-hybridized carbons (Fsp3) is 0.750. The van der Waals surface area contributed by atoms with Crippen LogP contribution < -0.4 is 0 Å². The van der Waals surface area contributed by atoms with Gasteiger partial charge in [-0.2, -0.15) is 0 Å². The van der Waals surface area contributed by atoms with E-state index in [0.717, 1.165) is 6.54 Å². The van der Waals surface area contributed by atoms with Gasteiger partial charge < -0.3 is 7.43 Å². The molecule has 1 heteroatoms. The summed E-state index contributed by atoms with van der Waals surface area (Å²) in [6, 6.07) is 0. The maximum absolute atomic E-state index is 4.35. The van der Waals surface area contributed by atoms with Gasteiger partial charge in [0.1, 0.15) is 0 Å². The number of aliphatic imine (C=N–C) groups is 1. The molecule has 0 aromatic carbocycles. The van der Waals surface area contributed by atoms with E-state index < -0.39 is 0 Å². The molecule has 1 heterocycles. The van der Waals surface area contributed by atoms with Gasteiger partial charge in [-0.25, -0.2) is 0 Å². The molecule has 0 aromatic heterocycles. The Morgan fingerprint density at radius 3 is 2.33 bits per heavy atom. The Kier molecular flexibility index (Phi) is 3.52. The maximum Gasteiger partial charge on any atom is 0.0392 e. The highest BCUT2D eigenvalue weighted by Gasteiger charge is 2.08. The van der Waals surface area contributed by atoms with E-state index in [-0.39, 0.29) is 7.43 Å². The second-order valence-corrected chi connectivity index (χ2v) is 2.63. The molecule has 9 heavy (non-hydrogen) atoms. The Labute approximate surface area is 58.2 Å². The van der Waals surface area contributed by atoms with Crippen molar-refractivity contribution in [3.05, 3.63) is 7.43 Å². The molecule has 0 atom stereocenters. The molecule has 0 spiro atoms. The van der Waals surface area contributed by atoms with E-state index in [1.807, 2.05) is 0 Å². The van der Waals surface area contributed by atoms with Gasteiger partial charge in [0.2, 0.25) is 0 Å². The zero-order chi connectivity index (χ0) is 5.98. The molecule has 54 valence electrons. The van der Waals surface area contributed by atoms with Crippen molar-refractivity contribution in [2.75, 3.05) is 6.54 Å². The van der Waals surface area contributed by atoms with Crippen LogP contribution in [0.1, 0.15) is 26.7 Å². The van der Waals surface area contributed by atoms with Crippen molar-refractivity contribution in [1.29, 1.82) is 0 Å². The molecule has 0 fully saturated rings. The lowest BCUT2D eigenvalue weighted by atomic mass is 10.1. The number of nitrogens with zero attached hydrogens (tertiary/aromatic N) is 1. The van der Waals surface area contributed by atoms with Gasteiger partial charge in [0.25, 0.3) is 0 Å². The average molecular weight is 126 g/mol. The minimum Gasteiger partial charge on any atom is -0.358 e. The van der Waals surface area contributed by atoms with Crippen LogP contribution in [0.15, 0.2) is 4.99 Å². The molecule has 0 saturated carbocycles. The van der Waals surface area contributed by atoms with E-state index >= 15 is 0 Å². The molecule has 1 aliphatic heterocycles. The van der Waals surface area contributed by atoms with Crippen LogP contribution in [0.5, 0.6) is 0 Å². The summed E-state index contributed by atoms with van der Waals surface area (Å²) in [6.45, 7) is 5.50. The molecule has 1 nitrogen and oxygen atoms in total. The van der Waals surface area contributed by atoms with E-state index in [1.54, 1.807) is 0 Å². The first-order valence-electron chi connectivity index (χ1n) is 3.34. The van der Waals surface area contributed by atoms with Crippen LogP contribution in [0.25, 0.3) is 0 Å². The third kappa shape index (κ3) is 2.17. The predicted octanol–water partition coefficient (Wildman–Crippen LogP) is 2.33. The van der Waals surface area contributed by atoms with Gasteiger partial charge in [0, 0.05) is 12.3 Å². The molecule has 1 aliphatic rings. The minimum atomic E-state index is 0. The summed E-state index contributed by atoms with van der Waals surface area (Å²) in [6.07, 6.45) is 2.53. The van der Waals surface area contributed by atoms with Gasteiger partial charge in [-0.1, -0.05) is 13.8 Å². The van der Waals surface area contributed by atoms with Crippen LogP contribution in [-0.2, 0) is 0 Å². The Bertz CT molecular complexity index is 103. The van der Waals surface area contributed by atoms with Crippen molar-refractivity contribution in [2.45, 2.75) is 26.7 Å². The summed E-state index contributed by atoms with van der Waals surface area (Å²) in [5.74, 6) is 0.692. The molecule has 0 amide bonds. The Balaban J connectivity index is 0.000000640. The van der Waals surface area contributed by atoms with Gasteiger partial charge in [0.15, 0.2) is 0 Å². The van der Waals surface area contributed by atoms with Crippen LogP contribution in [0.3, 0.4) is 0 Å². The van der Waals surface area contributed by atoms with Gasteiger partial charge in [0.05, 0.1) is 0 Å². The molecule has 0 aliphatic carbocycles. The lowest BCUT2D eigenvalue weighted by Gasteiger charge is -2.00. The van der Waals surface area contributed by atoms with Crippen molar-refractivity contribution < 1.29 is 0 Å². The summed E-state index contributed by atoms with van der Waals surface area (Å²) < 4.78 is 0. The van der Waals surface area contributed by atoms with E-state index in [2.05, 4.69) is 18.8 Å². The maximum atomic E-state index is 4.35. The van der Waals surface area contributed by atoms with Crippen LogP contribution >= 0.6 is 0 Å². The van der Waals surface area contributed by atoms with E-state index in [9.17, 15) is 0 Å². The lowest BCUT2D eigenvalue weighted by Crippen LogP contribution is -2.01. The van der Waals surface area contributed by atoms with Gasteiger partial charge in [-0.15, -0.1) is 0 Å². The lowest BCUT2D eigenvalue weighted by molar-refractivity contribution is 0.860. The molecule has 0 N–H and O–H groups in total. The fourth-order valence-corrected chi connectivity index (χ4v) is 1.03. The average Bonchev–Trinajstić information content (AvgIpc) is 2.12. The number of hydrogen-bond donors (Lipinski definition) is 0. The second kappa shape index (κ2) is 3.65. The molecule has 0 radical (unpaired) electrons. The van der Waals surface area contributed by atoms with Crippen LogP contribution in [0.2, 0.25) is 0 Å². The second-order valence-electron chi connectivity index (χ2n) is 2.63. The smallest absolute Gasteiger partial charge is 0.0392 e. The summed E-state index contributed by atoms with van der Waals surface area (Å²) >= 11 is 0. The summed E-state index contributed by atoms with van der Waals surface area (Å²) in [7, 11) is 0. The zero-order valence-corrected chi connectivity index (χ0v) is 6.65. The van der Waals surface area contributed by atoms with E-state index in [4.69, 9.17) is 0 Å². The predicted molar refractivity (Wildman–Crippen MR) is 42.8 cm³/mol. The molecule has 0 aromatic rings. The third-order valence-electron chi connectivity index (χ3n) is 1.57. The van der Waals surface area contributed by atoms with E-state index in [0.29, 0.717) is 5.92 Å². The van der Waals surface area contributed by atoms with E-state index in [1.165, 1.54) is 18.6 Å². The topological polar surface area (TPSA) is 12.4 Å². The molecular formula is C8H16N-. The molecule has 0 bridgehead atoms.